The Hall–Kier alpha value is -0.280. The van der Waals surface area contributed by atoms with Crippen LogP contribution in [0.4, 0.5) is 0 Å². The lowest BCUT2D eigenvalue weighted by molar-refractivity contribution is -0.145. The molecule has 2 N–H and O–H groups in total. The number of nitrogens with one attached hydrogen (secondary N) is 1. The van der Waals surface area contributed by atoms with Gasteiger partial charge < -0.3 is 10.4 Å². The van der Waals surface area contributed by atoms with Gasteiger partial charge in [-0.3, -0.25) is 4.79 Å². The highest BCUT2D eigenvalue weighted by Crippen LogP contribution is 2.38. The Morgan fingerprint density at radius 3 is 2.08 bits per heavy atom. The Bertz CT molecular complexity index is 170. The lowest BCUT2D eigenvalue weighted by Gasteiger charge is -2.26. The fourth-order valence-corrected chi connectivity index (χ4v) is 2.49. The summed E-state index contributed by atoms with van der Waals surface area (Å²) in [5, 5.41) is 12.2. The monoisotopic (exact) mass is 191 g/mol. The maximum Gasteiger partial charge on any atom is 0.307 e. The van der Waals surface area contributed by atoms with Gasteiger partial charge in [-0.05, 0) is 37.8 Å². The van der Waals surface area contributed by atoms with Crippen molar-refractivity contribution in [3.8, 4) is 0 Å². The molecule has 0 radical (unpaired) electrons. The molecule has 1 saturated carbocycles. The first-order valence-corrected chi connectivity index (χ1v) is 4.22. The summed E-state index contributed by atoms with van der Waals surface area (Å²) in [5.74, 6) is 0.188. The Morgan fingerprint density at radius 2 is 1.75 bits per heavy atom. The van der Waals surface area contributed by atoms with Crippen molar-refractivity contribution in [3.05, 3.63) is 0 Å². The van der Waals surface area contributed by atoms with Crippen LogP contribution < -0.4 is 5.32 Å². The van der Waals surface area contributed by atoms with Gasteiger partial charge in [-0.2, -0.15) is 0 Å². The van der Waals surface area contributed by atoms with Crippen molar-refractivity contribution in [2.45, 2.75) is 12.8 Å². The number of aliphatic carboxylic acids is 1. The van der Waals surface area contributed by atoms with Crippen molar-refractivity contribution in [2.75, 3.05) is 13.1 Å². The zero-order valence-electron chi connectivity index (χ0n) is 6.82. The van der Waals surface area contributed by atoms with E-state index < -0.39 is 5.97 Å². The van der Waals surface area contributed by atoms with E-state index in [1.165, 1.54) is 0 Å². The van der Waals surface area contributed by atoms with E-state index in [9.17, 15) is 4.79 Å². The van der Waals surface area contributed by atoms with Crippen LogP contribution in [-0.2, 0) is 4.79 Å². The number of hydrogen-bond acceptors (Lipinski definition) is 2. The number of piperidine rings is 1. The van der Waals surface area contributed by atoms with Crippen LogP contribution in [0, 0.1) is 17.8 Å². The quantitative estimate of drug-likeness (QED) is 0.643. The van der Waals surface area contributed by atoms with E-state index in [1.54, 1.807) is 0 Å². The summed E-state index contributed by atoms with van der Waals surface area (Å²) >= 11 is 0. The van der Waals surface area contributed by atoms with Crippen molar-refractivity contribution in [2.24, 2.45) is 17.8 Å². The average Bonchev–Trinajstić information content (AvgIpc) is 2.23. The zero-order chi connectivity index (χ0) is 7.84. The summed E-state index contributed by atoms with van der Waals surface area (Å²) in [6.45, 7) is 1.82. The van der Waals surface area contributed by atoms with Gasteiger partial charge in [-0.1, -0.05) is 0 Å². The molecule has 1 heterocycles. The Balaban J connectivity index is 0.000000720. The first-order valence-electron chi connectivity index (χ1n) is 4.22. The van der Waals surface area contributed by atoms with E-state index in [0.29, 0.717) is 11.8 Å². The van der Waals surface area contributed by atoms with Crippen molar-refractivity contribution >= 4 is 18.4 Å². The zero-order valence-corrected chi connectivity index (χ0v) is 7.64. The third-order valence-electron chi connectivity index (χ3n) is 3.02. The maximum atomic E-state index is 10.8. The maximum absolute atomic E-state index is 10.8. The second-order valence-corrected chi connectivity index (χ2v) is 3.62. The SMILES string of the molecule is Cl.O=C(O)C1C2CCC1CNC2. The molecular weight excluding hydrogens is 178 g/mol. The Morgan fingerprint density at radius 1 is 1.25 bits per heavy atom. The molecule has 2 aliphatic rings. The third-order valence-corrected chi connectivity index (χ3v) is 3.02. The van der Waals surface area contributed by atoms with Crippen LogP contribution in [-0.4, -0.2) is 24.2 Å². The molecule has 2 rings (SSSR count). The van der Waals surface area contributed by atoms with Gasteiger partial charge >= 0.3 is 5.97 Å². The largest absolute Gasteiger partial charge is 0.481 e. The fraction of sp³-hybridized carbons (Fsp3) is 0.875. The number of fused-ring (bicyclic) bond motifs is 2. The highest BCUT2D eigenvalue weighted by atomic mass is 35.5. The number of rotatable bonds is 1. The summed E-state index contributed by atoms with van der Waals surface area (Å²) in [5.41, 5.74) is 0. The molecule has 12 heavy (non-hydrogen) atoms. The van der Waals surface area contributed by atoms with E-state index in [1.807, 2.05) is 0 Å². The minimum absolute atomic E-state index is 0. The number of carboxylic acids is 1. The number of hydrogen-bond donors (Lipinski definition) is 2. The minimum Gasteiger partial charge on any atom is -0.481 e. The van der Waals surface area contributed by atoms with E-state index in [-0.39, 0.29) is 18.3 Å². The summed E-state index contributed by atoms with van der Waals surface area (Å²) < 4.78 is 0. The van der Waals surface area contributed by atoms with Crippen LogP contribution >= 0.6 is 12.4 Å². The highest BCUT2D eigenvalue weighted by molar-refractivity contribution is 5.85. The lowest BCUT2D eigenvalue weighted by Crippen LogP contribution is -2.41. The summed E-state index contributed by atoms with van der Waals surface area (Å²) in [4.78, 5) is 10.8. The van der Waals surface area contributed by atoms with Crippen molar-refractivity contribution < 1.29 is 9.90 Å². The second-order valence-electron chi connectivity index (χ2n) is 3.62. The number of carboxylic acid groups (broad SMARTS) is 1. The first-order chi connectivity index (χ1) is 5.29. The third kappa shape index (κ3) is 1.43. The molecule has 2 bridgehead atoms. The molecule has 3 nitrogen and oxygen atoms in total. The molecule has 1 aliphatic heterocycles. The highest BCUT2D eigenvalue weighted by Gasteiger charge is 2.43. The van der Waals surface area contributed by atoms with Gasteiger partial charge in [0.05, 0.1) is 5.92 Å². The summed E-state index contributed by atoms with van der Waals surface area (Å²) in [6, 6.07) is 0. The first kappa shape index (κ1) is 9.81. The standard InChI is InChI=1S/C8H13NO2.ClH/c10-8(11)7-5-1-2-6(7)4-9-3-5;/h5-7,9H,1-4H2,(H,10,11);1H. The molecule has 2 unspecified atom stereocenters. The van der Waals surface area contributed by atoms with Gasteiger partial charge in [-0.15, -0.1) is 12.4 Å². The van der Waals surface area contributed by atoms with Crippen molar-refractivity contribution in [1.29, 1.82) is 0 Å². The number of halogens is 1. The van der Waals surface area contributed by atoms with Crippen molar-refractivity contribution in [1.82, 2.24) is 5.32 Å². The summed E-state index contributed by atoms with van der Waals surface area (Å²) in [6.07, 6.45) is 2.21. The van der Waals surface area contributed by atoms with Gasteiger partial charge in [0.2, 0.25) is 0 Å². The number of carbonyl (C=O) groups is 1. The van der Waals surface area contributed by atoms with Crippen LogP contribution in [0.25, 0.3) is 0 Å². The van der Waals surface area contributed by atoms with Crippen LogP contribution in [0.15, 0.2) is 0 Å². The molecule has 0 aromatic heterocycles. The fourth-order valence-electron chi connectivity index (χ4n) is 2.49. The molecular formula is C8H14ClNO2. The van der Waals surface area contributed by atoms with Crippen LogP contribution in [0.5, 0.6) is 0 Å². The topological polar surface area (TPSA) is 49.3 Å². The molecule has 2 atom stereocenters. The molecule has 1 saturated heterocycles. The van der Waals surface area contributed by atoms with E-state index in [0.717, 1.165) is 25.9 Å². The van der Waals surface area contributed by atoms with Gasteiger partial charge in [0.15, 0.2) is 0 Å². The average molecular weight is 192 g/mol. The summed E-state index contributed by atoms with van der Waals surface area (Å²) in [7, 11) is 0. The Kier molecular flexibility index (Phi) is 2.96. The normalized spacial score (nSPS) is 38.8. The van der Waals surface area contributed by atoms with Crippen LogP contribution in [0.2, 0.25) is 0 Å². The molecule has 0 spiro atoms. The molecule has 70 valence electrons. The smallest absolute Gasteiger partial charge is 0.307 e. The van der Waals surface area contributed by atoms with Gasteiger partial charge in [0.1, 0.15) is 0 Å². The molecule has 1 aliphatic carbocycles. The lowest BCUT2D eigenvalue weighted by atomic mass is 9.86. The van der Waals surface area contributed by atoms with E-state index in [2.05, 4.69) is 5.32 Å². The second kappa shape index (κ2) is 3.62. The molecule has 0 aromatic rings. The van der Waals surface area contributed by atoms with E-state index in [4.69, 9.17) is 5.11 Å². The van der Waals surface area contributed by atoms with Gasteiger partial charge in [0.25, 0.3) is 0 Å². The van der Waals surface area contributed by atoms with Gasteiger partial charge in [-0.25, -0.2) is 0 Å². The van der Waals surface area contributed by atoms with Crippen molar-refractivity contribution in [3.63, 3.8) is 0 Å². The van der Waals surface area contributed by atoms with Crippen LogP contribution in [0.1, 0.15) is 12.8 Å². The molecule has 4 heteroatoms. The molecule has 0 amide bonds. The predicted octanol–water partition coefficient (Wildman–Crippen LogP) is 0.738. The molecule has 2 fully saturated rings. The van der Waals surface area contributed by atoms with E-state index >= 15 is 0 Å². The van der Waals surface area contributed by atoms with Gasteiger partial charge in [0, 0.05) is 0 Å². The predicted molar refractivity (Wildman–Crippen MR) is 47.5 cm³/mol. The Labute approximate surface area is 77.9 Å². The molecule has 0 aromatic carbocycles. The minimum atomic E-state index is -0.584. The van der Waals surface area contributed by atoms with Crippen LogP contribution in [0.3, 0.4) is 0 Å².